The molecule has 0 aromatic heterocycles. The van der Waals surface area contributed by atoms with E-state index in [9.17, 15) is 4.79 Å². The molecule has 0 aliphatic rings. The van der Waals surface area contributed by atoms with Gasteiger partial charge >= 0.3 is 0 Å². The molecule has 0 radical (unpaired) electrons. The predicted molar refractivity (Wildman–Crippen MR) is 88.8 cm³/mol. The molecular weight excluding hydrogens is 274 g/mol. The van der Waals surface area contributed by atoms with E-state index in [0.717, 1.165) is 23.3 Å². The van der Waals surface area contributed by atoms with Crippen molar-refractivity contribution in [2.45, 2.75) is 32.9 Å². The molecular formula is C19H23NO2. The summed E-state index contributed by atoms with van der Waals surface area (Å²) in [4.78, 5) is 14.2. The SMILES string of the molecule is CCc1ccccc1O[C@@H](C)C(=O)N(C)Cc1ccccc1. The average Bonchev–Trinajstić information content (AvgIpc) is 2.55. The van der Waals surface area contributed by atoms with Gasteiger partial charge in [-0.15, -0.1) is 0 Å². The maximum atomic E-state index is 12.5. The van der Waals surface area contributed by atoms with Crippen molar-refractivity contribution in [1.29, 1.82) is 0 Å². The van der Waals surface area contributed by atoms with Gasteiger partial charge in [0.1, 0.15) is 5.75 Å². The van der Waals surface area contributed by atoms with E-state index in [2.05, 4.69) is 6.92 Å². The second-order valence-corrected chi connectivity index (χ2v) is 5.40. The lowest BCUT2D eigenvalue weighted by molar-refractivity contribution is -0.137. The molecule has 3 nitrogen and oxygen atoms in total. The highest BCUT2D eigenvalue weighted by Crippen LogP contribution is 2.20. The molecule has 0 aliphatic carbocycles. The van der Waals surface area contributed by atoms with Gasteiger partial charge in [0.25, 0.3) is 5.91 Å². The lowest BCUT2D eigenvalue weighted by Gasteiger charge is -2.23. The molecule has 0 fully saturated rings. The molecule has 0 saturated carbocycles. The van der Waals surface area contributed by atoms with E-state index >= 15 is 0 Å². The zero-order valence-corrected chi connectivity index (χ0v) is 13.5. The first-order valence-corrected chi connectivity index (χ1v) is 7.65. The summed E-state index contributed by atoms with van der Waals surface area (Å²) >= 11 is 0. The fourth-order valence-electron chi connectivity index (χ4n) is 2.40. The molecule has 0 unspecified atom stereocenters. The summed E-state index contributed by atoms with van der Waals surface area (Å²) in [6.45, 7) is 4.47. The Labute approximate surface area is 132 Å². The monoisotopic (exact) mass is 297 g/mol. The molecule has 1 amide bonds. The number of benzene rings is 2. The molecule has 0 spiro atoms. The number of carbonyl (C=O) groups excluding carboxylic acids is 1. The number of ether oxygens (including phenoxy) is 1. The second kappa shape index (κ2) is 7.64. The summed E-state index contributed by atoms with van der Waals surface area (Å²) < 4.78 is 5.87. The second-order valence-electron chi connectivity index (χ2n) is 5.40. The lowest BCUT2D eigenvalue weighted by atomic mass is 10.1. The van der Waals surface area contributed by atoms with Crippen molar-refractivity contribution in [3.63, 3.8) is 0 Å². The highest BCUT2D eigenvalue weighted by atomic mass is 16.5. The van der Waals surface area contributed by atoms with E-state index in [1.54, 1.807) is 18.9 Å². The standard InChI is InChI=1S/C19H23NO2/c1-4-17-12-8-9-13-18(17)22-15(2)19(21)20(3)14-16-10-6-5-7-11-16/h5-13,15H,4,14H2,1-3H3/t15-/m0/s1. The summed E-state index contributed by atoms with van der Waals surface area (Å²) in [7, 11) is 1.81. The zero-order chi connectivity index (χ0) is 15.9. The maximum absolute atomic E-state index is 12.5. The van der Waals surface area contributed by atoms with Crippen LogP contribution in [0.5, 0.6) is 5.75 Å². The van der Waals surface area contributed by atoms with Crippen molar-refractivity contribution in [3.05, 3.63) is 65.7 Å². The van der Waals surface area contributed by atoms with Gasteiger partial charge in [-0.05, 0) is 30.5 Å². The van der Waals surface area contributed by atoms with Crippen LogP contribution in [0.2, 0.25) is 0 Å². The number of nitrogens with zero attached hydrogens (tertiary/aromatic N) is 1. The van der Waals surface area contributed by atoms with Gasteiger partial charge in [0, 0.05) is 13.6 Å². The minimum absolute atomic E-state index is 0.0187. The van der Waals surface area contributed by atoms with Crippen LogP contribution in [0.25, 0.3) is 0 Å². The number of hydrogen-bond donors (Lipinski definition) is 0. The first-order chi connectivity index (χ1) is 10.6. The van der Waals surface area contributed by atoms with Crippen LogP contribution >= 0.6 is 0 Å². The smallest absolute Gasteiger partial charge is 0.263 e. The fraction of sp³-hybridized carbons (Fsp3) is 0.316. The Bertz CT molecular complexity index is 610. The molecule has 0 heterocycles. The van der Waals surface area contributed by atoms with Crippen LogP contribution in [0.4, 0.5) is 0 Å². The van der Waals surface area contributed by atoms with Crippen LogP contribution < -0.4 is 4.74 Å². The van der Waals surface area contributed by atoms with Crippen molar-refractivity contribution in [2.75, 3.05) is 7.05 Å². The number of hydrogen-bond acceptors (Lipinski definition) is 2. The number of amides is 1. The first kappa shape index (κ1) is 16.1. The largest absolute Gasteiger partial charge is 0.481 e. The van der Waals surface area contributed by atoms with Gasteiger partial charge < -0.3 is 9.64 Å². The van der Waals surface area contributed by atoms with Crippen LogP contribution in [-0.4, -0.2) is 24.0 Å². The molecule has 0 bridgehead atoms. The normalized spacial score (nSPS) is 11.8. The van der Waals surface area contributed by atoms with Crippen LogP contribution in [0.1, 0.15) is 25.0 Å². The molecule has 2 rings (SSSR count). The minimum Gasteiger partial charge on any atom is -0.481 e. The maximum Gasteiger partial charge on any atom is 0.263 e. The molecule has 116 valence electrons. The Morgan fingerprint density at radius 1 is 1.09 bits per heavy atom. The molecule has 2 aromatic rings. The summed E-state index contributed by atoms with van der Waals surface area (Å²) in [5.74, 6) is 0.772. The van der Waals surface area contributed by atoms with Crippen LogP contribution in [0.15, 0.2) is 54.6 Å². The molecule has 3 heteroatoms. The first-order valence-electron chi connectivity index (χ1n) is 7.65. The molecule has 0 N–H and O–H groups in total. The topological polar surface area (TPSA) is 29.5 Å². The summed E-state index contributed by atoms with van der Waals surface area (Å²) in [6.07, 6.45) is 0.387. The van der Waals surface area contributed by atoms with Crippen molar-refractivity contribution in [3.8, 4) is 5.75 Å². The average molecular weight is 297 g/mol. The number of rotatable bonds is 6. The Morgan fingerprint density at radius 3 is 2.41 bits per heavy atom. The molecule has 22 heavy (non-hydrogen) atoms. The highest BCUT2D eigenvalue weighted by Gasteiger charge is 2.20. The summed E-state index contributed by atoms with van der Waals surface area (Å²) in [5, 5.41) is 0. The highest BCUT2D eigenvalue weighted by molar-refractivity contribution is 5.80. The number of likely N-dealkylation sites (N-methyl/N-ethyl adjacent to an activating group) is 1. The Hall–Kier alpha value is -2.29. The van der Waals surface area contributed by atoms with E-state index in [-0.39, 0.29) is 5.91 Å². The Balaban J connectivity index is 1.99. The Kier molecular flexibility index (Phi) is 5.59. The Morgan fingerprint density at radius 2 is 1.73 bits per heavy atom. The van der Waals surface area contributed by atoms with Gasteiger partial charge in [-0.2, -0.15) is 0 Å². The number of aryl methyl sites for hydroxylation is 1. The summed E-state index contributed by atoms with van der Waals surface area (Å²) in [5.41, 5.74) is 2.23. The number of para-hydroxylation sites is 1. The third-order valence-corrected chi connectivity index (χ3v) is 3.64. The van der Waals surface area contributed by atoms with Crippen LogP contribution in [0, 0.1) is 0 Å². The van der Waals surface area contributed by atoms with Crippen molar-refractivity contribution in [2.24, 2.45) is 0 Å². The molecule has 0 aliphatic heterocycles. The lowest BCUT2D eigenvalue weighted by Crippen LogP contribution is -2.37. The van der Waals surface area contributed by atoms with Gasteiger partial charge in [-0.25, -0.2) is 0 Å². The van der Waals surface area contributed by atoms with Crippen molar-refractivity contribution in [1.82, 2.24) is 4.90 Å². The summed E-state index contributed by atoms with van der Waals surface area (Å²) in [6, 6.07) is 17.8. The third-order valence-electron chi connectivity index (χ3n) is 3.64. The van der Waals surface area contributed by atoms with Crippen LogP contribution in [0.3, 0.4) is 0 Å². The molecule has 2 aromatic carbocycles. The van der Waals surface area contributed by atoms with E-state index in [4.69, 9.17) is 4.74 Å². The molecule has 0 saturated heterocycles. The third kappa shape index (κ3) is 4.10. The van der Waals surface area contributed by atoms with E-state index in [1.165, 1.54) is 0 Å². The zero-order valence-electron chi connectivity index (χ0n) is 13.5. The van der Waals surface area contributed by atoms with E-state index in [1.807, 2.05) is 54.6 Å². The van der Waals surface area contributed by atoms with Crippen LogP contribution in [-0.2, 0) is 17.8 Å². The van der Waals surface area contributed by atoms with E-state index < -0.39 is 6.10 Å². The van der Waals surface area contributed by atoms with Gasteiger partial charge in [-0.1, -0.05) is 55.5 Å². The van der Waals surface area contributed by atoms with Gasteiger partial charge in [-0.3, -0.25) is 4.79 Å². The quantitative estimate of drug-likeness (QED) is 0.814. The predicted octanol–water partition coefficient (Wildman–Crippen LogP) is 3.67. The number of carbonyl (C=O) groups is 1. The van der Waals surface area contributed by atoms with Crippen molar-refractivity contribution < 1.29 is 9.53 Å². The van der Waals surface area contributed by atoms with Crippen molar-refractivity contribution >= 4 is 5.91 Å². The van der Waals surface area contributed by atoms with E-state index in [0.29, 0.717) is 6.54 Å². The van der Waals surface area contributed by atoms with Gasteiger partial charge in [0.05, 0.1) is 0 Å². The van der Waals surface area contributed by atoms with Gasteiger partial charge in [0.15, 0.2) is 6.10 Å². The minimum atomic E-state index is -0.499. The van der Waals surface area contributed by atoms with Gasteiger partial charge in [0.2, 0.25) is 0 Å². The molecule has 1 atom stereocenters. The fourth-order valence-corrected chi connectivity index (χ4v) is 2.40.